The minimum Gasteiger partial charge on any atom is -0.489 e. The Labute approximate surface area is 229 Å². The van der Waals surface area contributed by atoms with E-state index in [0.717, 1.165) is 34.6 Å². The van der Waals surface area contributed by atoms with Gasteiger partial charge in [-0.3, -0.25) is 4.68 Å². The molecule has 0 amide bonds. The number of halogens is 1. The van der Waals surface area contributed by atoms with Crippen LogP contribution < -0.4 is 15.4 Å². The molecule has 1 aromatic carbocycles. The zero-order valence-electron chi connectivity index (χ0n) is 22.9. The first-order chi connectivity index (χ1) is 17.8. The highest BCUT2D eigenvalue weighted by Crippen LogP contribution is 2.38. The number of hydrogen-bond donors (Lipinski definition) is 2. The van der Waals surface area contributed by atoms with Crippen LogP contribution >= 0.6 is 11.6 Å². The van der Waals surface area contributed by atoms with E-state index in [1.807, 2.05) is 46.1 Å². The van der Waals surface area contributed by atoms with Gasteiger partial charge >= 0.3 is 0 Å². The molecule has 0 atom stereocenters. The molecule has 0 aliphatic carbocycles. The second kappa shape index (κ2) is 11.1. The molecule has 2 aromatic heterocycles. The first kappa shape index (κ1) is 28.1. The summed E-state index contributed by atoms with van der Waals surface area (Å²) >= 11 is 6.45. The molecule has 12 heteroatoms. The summed E-state index contributed by atoms with van der Waals surface area (Å²) in [6.07, 6.45) is 5.46. The van der Waals surface area contributed by atoms with E-state index in [1.54, 1.807) is 10.9 Å². The van der Waals surface area contributed by atoms with Gasteiger partial charge in [-0.05, 0) is 56.4 Å². The van der Waals surface area contributed by atoms with Crippen LogP contribution in [0.25, 0.3) is 0 Å². The number of nitrogens with zero attached hydrogens (tertiary/aromatic N) is 5. The van der Waals surface area contributed by atoms with Crippen molar-refractivity contribution in [3.05, 3.63) is 46.4 Å². The predicted octanol–water partition coefficient (Wildman–Crippen LogP) is 5.00. The Morgan fingerprint density at radius 3 is 2.50 bits per heavy atom. The molecular formula is C26H36ClN7O3S. The number of hydrogen-bond acceptors (Lipinski definition) is 8. The molecule has 1 fully saturated rings. The molecule has 38 heavy (non-hydrogen) atoms. The van der Waals surface area contributed by atoms with Crippen molar-refractivity contribution in [3.8, 4) is 5.75 Å². The van der Waals surface area contributed by atoms with Crippen LogP contribution in [0, 0.1) is 12.8 Å². The Bertz CT molecular complexity index is 1420. The SMILES string of the molecule is Cc1cc(Nc2ncc(Cl)c(Nc3cn(C)nc3CC(C)C)n2)c(OC(C)C)cc1C1CN(S(C)(=O)=O)C1. The Morgan fingerprint density at radius 2 is 1.87 bits per heavy atom. The highest BCUT2D eigenvalue weighted by molar-refractivity contribution is 7.88. The maximum absolute atomic E-state index is 11.8. The van der Waals surface area contributed by atoms with Crippen LogP contribution in [0.1, 0.15) is 50.4 Å². The molecule has 0 unspecified atom stereocenters. The smallest absolute Gasteiger partial charge is 0.229 e. The topological polar surface area (TPSA) is 114 Å². The zero-order chi connectivity index (χ0) is 27.8. The van der Waals surface area contributed by atoms with Crippen LogP contribution in [0.15, 0.2) is 24.5 Å². The van der Waals surface area contributed by atoms with Gasteiger partial charge in [-0.2, -0.15) is 10.1 Å². The van der Waals surface area contributed by atoms with E-state index in [-0.39, 0.29) is 12.0 Å². The van der Waals surface area contributed by atoms with Gasteiger partial charge in [-0.15, -0.1) is 0 Å². The fourth-order valence-electron chi connectivity index (χ4n) is 4.44. The Kier molecular flexibility index (Phi) is 8.20. The van der Waals surface area contributed by atoms with E-state index in [4.69, 9.17) is 16.3 Å². The number of benzene rings is 1. The maximum Gasteiger partial charge on any atom is 0.229 e. The normalized spacial score (nSPS) is 14.7. The van der Waals surface area contributed by atoms with Gasteiger partial charge in [0.25, 0.3) is 0 Å². The van der Waals surface area contributed by atoms with Crippen molar-refractivity contribution in [3.63, 3.8) is 0 Å². The Hall–Kier alpha value is -2.89. The molecule has 1 aliphatic rings. The van der Waals surface area contributed by atoms with E-state index in [1.165, 1.54) is 10.6 Å². The van der Waals surface area contributed by atoms with Crippen LogP contribution in [0.4, 0.5) is 23.1 Å². The third-order valence-corrected chi connectivity index (χ3v) is 7.75. The first-order valence-electron chi connectivity index (χ1n) is 12.7. The zero-order valence-corrected chi connectivity index (χ0v) is 24.5. The van der Waals surface area contributed by atoms with Crippen molar-refractivity contribution in [2.24, 2.45) is 13.0 Å². The second-order valence-electron chi connectivity index (χ2n) is 10.5. The lowest BCUT2D eigenvalue weighted by Crippen LogP contribution is -2.48. The van der Waals surface area contributed by atoms with Gasteiger partial charge < -0.3 is 15.4 Å². The molecule has 3 heterocycles. The molecule has 206 valence electrons. The largest absolute Gasteiger partial charge is 0.489 e. The molecule has 0 bridgehead atoms. The van der Waals surface area contributed by atoms with Crippen molar-refractivity contribution in [2.75, 3.05) is 30.0 Å². The van der Waals surface area contributed by atoms with Gasteiger partial charge in [0.05, 0.1) is 35.6 Å². The Balaban J connectivity index is 1.60. The fraction of sp³-hybridized carbons (Fsp3) is 0.500. The minimum atomic E-state index is -3.18. The van der Waals surface area contributed by atoms with Gasteiger partial charge in [0.2, 0.25) is 16.0 Å². The number of nitrogens with one attached hydrogen (secondary N) is 2. The highest BCUT2D eigenvalue weighted by Gasteiger charge is 2.35. The fourth-order valence-corrected chi connectivity index (χ4v) is 5.48. The number of rotatable bonds is 10. The van der Waals surface area contributed by atoms with E-state index >= 15 is 0 Å². The van der Waals surface area contributed by atoms with E-state index in [0.29, 0.717) is 41.5 Å². The average molecular weight is 562 g/mol. The van der Waals surface area contributed by atoms with Crippen molar-refractivity contribution in [1.29, 1.82) is 0 Å². The summed E-state index contributed by atoms with van der Waals surface area (Å²) in [7, 11) is -1.30. The minimum absolute atomic E-state index is 0.0617. The van der Waals surface area contributed by atoms with Gasteiger partial charge in [-0.1, -0.05) is 25.4 Å². The van der Waals surface area contributed by atoms with Gasteiger partial charge in [0.15, 0.2) is 5.82 Å². The summed E-state index contributed by atoms with van der Waals surface area (Å²) in [6.45, 7) is 11.2. The molecule has 4 rings (SSSR count). The molecule has 0 spiro atoms. The number of anilines is 4. The number of ether oxygens (including phenoxy) is 1. The number of sulfonamides is 1. The van der Waals surface area contributed by atoms with E-state index in [2.05, 4.69) is 39.5 Å². The van der Waals surface area contributed by atoms with Crippen molar-refractivity contribution in [1.82, 2.24) is 24.1 Å². The molecule has 1 aliphatic heterocycles. The quantitative estimate of drug-likeness (QED) is 0.355. The highest BCUT2D eigenvalue weighted by atomic mass is 35.5. The second-order valence-corrected chi connectivity index (χ2v) is 12.9. The average Bonchev–Trinajstić information content (AvgIpc) is 3.08. The lowest BCUT2D eigenvalue weighted by molar-refractivity contribution is 0.241. The summed E-state index contributed by atoms with van der Waals surface area (Å²) in [5, 5.41) is 11.6. The van der Waals surface area contributed by atoms with Gasteiger partial charge in [0, 0.05) is 32.3 Å². The van der Waals surface area contributed by atoms with Crippen LogP contribution in [0.5, 0.6) is 5.75 Å². The van der Waals surface area contributed by atoms with E-state index in [9.17, 15) is 8.42 Å². The monoisotopic (exact) mass is 561 g/mol. The third-order valence-electron chi connectivity index (χ3n) is 6.24. The van der Waals surface area contributed by atoms with Crippen LogP contribution in [0.2, 0.25) is 5.02 Å². The van der Waals surface area contributed by atoms with Crippen LogP contribution in [0.3, 0.4) is 0 Å². The van der Waals surface area contributed by atoms with E-state index < -0.39 is 10.0 Å². The first-order valence-corrected chi connectivity index (χ1v) is 14.9. The lowest BCUT2D eigenvalue weighted by Gasteiger charge is -2.38. The molecule has 1 saturated heterocycles. The summed E-state index contributed by atoms with van der Waals surface area (Å²) in [6, 6.07) is 3.98. The molecule has 0 radical (unpaired) electrons. The Morgan fingerprint density at radius 1 is 1.16 bits per heavy atom. The molecule has 3 aromatic rings. The maximum atomic E-state index is 11.8. The van der Waals surface area contributed by atoms with Gasteiger partial charge in [0.1, 0.15) is 10.8 Å². The van der Waals surface area contributed by atoms with Gasteiger partial charge in [-0.25, -0.2) is 17.7 Å². The lowest BCUT2D eigenvalue weighted by atomic mass is 9.89. The number of aromatic nitrogens is 4. The molecular weight excluding hydrogens is 526 g/mol. The van der Waals surface area contributed by atoms with Crippen molar-refractivity contribution >= 4 is 44.8 Å². The molecule has 0 saturated carbocycles. The summed E-state index contributed by atoms with van der Waals surface area (Å²) in [5.41, 5.74) is 4.60. The summed E-state index contributed by atoms with van der Waals surface area (Å²) in [5.74, 6) is 2.05. The predicted molar refractivity (Wildman–Crippen MR) is 151 cm³/mol. The van der Waals surface area contributed by atoms with Crippen molar-refractivity contribution in [2.45, 2.75) is 53.1 Å². The number of aryl methyl sites for hydroxylation is 2. The third kappa shape index (κ3) is 6.57. The van der Waals surface area contributed by atoms with Crippen LogP contribution in [-0.4, -0.2) is 57.9 Å². The molecule has 10 nitrogen and oxygen atoms in total. The van der Waals surface area contributed by atoms with Crippen LogP contribution in [-0.2, 0) is 23.5 Å². The standard InChI is InChI=1S/C26H36ClN7O3S/c1-15(2)8-21-23(14-33(6)32-21)29-25-20(27)11-28-26(31-25)30-22-9-17(5)19(10-24(22)37-16(3)4)18-12-34(13-18)38(7,35)36/h9-11,14-16,18H,8,12-13H2,1-7H3,(H2,28,29,30,31). The molecule has 2 N–H and O–H groups in total. The summed E-state index contributed by atoms with van der Waals surface area (Å²) < 4.78 is 33.1. The van der Waals surface area contributed by atoms with Crippen molar-refractivity contribution < 1.29 is 13.2 Å². The summed E-state index contributed by atoms with van der Waals surface area (Å²) in [4.78, 5) is 9.01.